The Morgan fingerprint density at radius 3 is 2.59 bits per heavy atom. The van der Waals surface area contributed by atoms with Gasteiger partial charge in [0.25, 0.3) is 11.1 Å². The summed E-state index contributed by atoms with van der Waals surface area (Å²) in [4.78, 5) is 38.8. The third-order valence-corrected chi connectivity index (χ3v) is 5.64. The summed E-state index contributed by atoms with van der Waals surface area (Å²) >= 11 is 2.71. The number of carbonyl (C=O) groups is 3. The van der Waals surface area contributed by atoms with Crippen LogP contribution in [-0.2, 0) is 14.3 Å². The molecule has 8 heteroatoms. The van der Waals surface area contributed by atoms with Gasteiger partial charge in [0.15, 0.2) is 6.61 Å². The number of nitrogens with one attached hydrogen (secondary N) is 1. The number of thioether (sulfide) groups is 1. The van der Waals surface area contributed by atoms with Gasteiger partial charge in [0, 0.05) is 22.1 Å². The first kappa shape index (κ1) is 19.3. The lowest BCUT2D eigenvalue weighted by atomic mass is 10.3. The van der Waals surface area contributed by atoms with E-state index < -0.39 is 18.5 Å². The molecule has 2 aromatic rings. The summed E-state index contributed by atoms with van der Waals surface area (Å²) in [7, 11) is 0. The molecule has 0 aromatic heterocycles. The second-order valence-corrected chi connectivity index (χ2v) is 7.82. The maximum atomic E-state index is 12.1. The van der Waals surface area contributed by atoms with Crippen LogP contribution in [0.5, 0.6) is 0 Å². The van der Waals surface area contributed by atoms with Crippen LogP contribution in [0.2, 0.25) is 0 Å². The second kappa shape index (κ2) is 9.48. The number of benzene rings is 2. The van der Waals surface area contributed by atoms with E-state index in [1.54, 1.807) is 6.07 Å². The van der Waals surface area contributed by atoms with E-state index in [1.807, 2.05) is 48.5 Å². The lowest BCUT2D eigenvalue weighted by molar-refractivity contribution is -0.147. The number of ether oxygens (including phenoxy) is 1. The summed E-state index contributed by atoms with van der Waals surface area (Å²) in [6.45, 7) is 0.00673. The molecule has 0 aliphatic carbocycles. The fourth-order valence-corrected chi connectivity index (χ4v) is 4.13. The van der Waals surface area contributed by atoms with Gasteiger partial charge in [0.05, 0.1) is 5.69 Å². The molecule has 1 fully saturated rings. The number of rotatable bonds is 7. The van der Waals surface area contributed by atoms with E-state index in [2.05, 4.69) is 5.32 Å². The van der Waals surface area contributed by atoms with E-state index in [9.17, 15) is 14.4 Å². The monoisotopic (exact) mass is 402 g/mol. The van der Waals surface area contributed by atoms with Crippen LogP contribution < -0.4 is 5.32 Å². The molecule has 0 spiro atoms. The fraction of sp³-hybridized carbons (Fsp3) is 0.211. The van der Waals surface area contributed by atoms with Crippen molar-refractivity contribution in [3.63, 3.8) is 0 Å². The zero-order valence-corrected chi connectivity index (χ0v) is 16.1. The molecule has 1 aliphatic heterocycles. The average molecular weight is 402 g/mol. The predicted molar refractivity (Wildman–Crippen MR) is 106 cm³/mol. The molecule has 0 atom stereocenters. The molecule has 1 saturated heterocycles. The summed E-state index contributed by atoms with van der Waals surface area (Å²) < 4.78 is 4.98. The van der Waals surface area contributed by atoms with Crippen LogP contribution in [0.25, 0.3) is 0 Å². The molecule has 140 valence electrons. The number of nitrogens with zero attached hydrogens (tertiary/aromatic N) is 1. The topological polar surface area (TPSA) is 75.7 Å². The van der Waals surface area contributed by atoms with Crippen LogP contribution in [0.3, 0.4) is 0 Å². The Hall–Kier alpha value is -2.45. The van der Waals surface area contributed by atoms with Gasteiger partial charge in [-0.2, -0.15) is 0 Å². The van der Waals surface area contributed by atoms with E-state index >= 15 is 0 Å². The van der Waals surface area contributed by atoms with E-state index in [0.717, 1.165) is 9.79 Å². The van der Waals surface area contributed by atoms with Crippen molar-refractivity contribution in [3.8, 4) is 0 Å². The molecule has 0 radical (unpaired) electrons. The van der Waals surface area contributed by atoms with Gasteiger partial charge in [0.2, 0.25) is 0 Å². The third kappa shape index (κ3) is 5.77. The third-order valence-electron chi connectivity index (χ3n) is 3.66. The Kier molecular flexibility index (Phi) is 6.78. The van der Waals surface area contributed by atoms with E-state index in [-0.39, 0.29) is 11.8 Å². The van der Waals surface area contributed by atoms with Crippen molar-refractivity contribution >= 4 is 46.3 Å². The summed E-state index contributed by atoms with van der Waals surface area (Å²) in [6, 6.07) is 17.3. The zero-order chi connectivity index (χ0) is 19.1. The van der Waals surface area contributed by atoms with Crippen LogP contribution in [-0.4, -0.2) is 47.5 Å². The Balaban J connectivity index is 1.52. The number of hydrogen-bond donors (Lipinski definition) is 1. The highest BCUT2D eigenvalue weighted by Gasteiger charge is 2.24. The highest BCUT2D eigenvalue weighted by atomic mass is 32.2. The molecule has 27 heavy (non-hydrogen) atoms. The van der Waals surface area contributed by atoms with Crippen LogP contribution in [0.15, 0.2) is 64.4 Å². The van der Waals surface area contributed by atoms with Gasteiger partial charge in [-0.3, -0.25) is 14.4 Å². The number of hydrogen-bond acceptors (Lipinski definition) is 6. The van der Waals surface area contributed by atoms with E-state index in [4.69, 9.17) is 4.74 Å². The van der Waals surface area contributed by atoms with Crippen molar-refractivity contribution in [2.75, 3.05) is 30.8 Å². The van der Waals surface area contributed by atoms with E-state index in [0.29, 0.717) is 18.0 Å². The molecule has 1 heterocycles. The molecule has 2 aromatic carbocycles. The molecule has 0 unspecified atom stereocenters. The maximum Gasteiger partial charge on any atom is 0.326 e. The summed E-state index contributed by atoms with van der Waals surface area (Å²) in [5.74, 6) is -0.345. The van der Waals surface area contributed by atoms with Crippen molar-refractivity contribution < 1.29 is 19.1 Å². The Morgan fingerprint density at radius 1 is 1.11 bits per heavy atom. The van der Waals surface area contributed by atoms with Crippen LogP contribution in [0, 0.1) is 0 Å². The SMILES string of the molecule is O=C(COC(=O)CN1CCSC1=O)Nc1ccccc1Sc1ccccc1. The molecular weight excluding hydrogens is 384 g/mol. The molecule has 6 nitrogen and oxygen atoms in total. The quantitative estimate of drug-likeness (QED) is 0.715. The van der Waals surface area contributed by atoms with Gasteiger partial charge in [0.1, 0.15) is 6.54 Å². The zero-order valence-electron chi connectivity index (χ0n) is 14.4. The van der Waals surface area contributed by atoms with Crippen LogP contribution in [0.1, 0.15) is 0 Å². The minimum Gasteiger partial charge on any atom is -0.454 e. The van der Waals surface area contributed by atoms with Crippen molar-refractivity contribution in [2.24, 2.45) is 0 Å². The highest BCUT2D eigenvalue weighted by Crippen LogP contribution is 2.33. The minimum atomic E-state index is -0.590. The first-order valence-corrected chi connectivity index (χ1v) is 10.1. The largest absolute Gasteiger partial charge is 0.454 e. The average Bonchev–Trinajstić information content (AvgIpc) is 3.07. The molecular formula is C19H18N2O4S2. The normalized spacial score (nSPS) is 13.5. The van der Waals surface area contributed by atoms with Gasteiger partial charge in [-0.05, 0) is 24.3 Å². The van der Waals surface area contributed by atoms with Crippen molar-refractivity contribution in [1.29, 1.82) is 0 Å². The molecule has 1 N–H and O–H groups in total. The maximum absolute atomic E-state index is 12.1. The Bertz CT molecular complexity index is 829. The predicted octanol–water partition coefficient (Wildman–Crippen LogP) is 3.49. The van der Waals surface area contributed by atoms with Crippen LogP contribution in [0.4, 0.5) is 10.5 Å². The van der Waals surface area contributed by atoms with Gasteiger partial charge < -0.3 is 15.0 Å². The number of carbonyl (C=O) groups excluding carboxylic acids is 3. The summed E-state index contributed by atoms with van der Waals surface area (Å²) in [5.41, 5.74) is 0.651. The molecule has 1 aliphatic rings. The number of anilines is 1. The molecule has 3 rings (SSSR count). The van der Waals surface area contributed by atoms with Crippen molar-refractivity contribution in [1.82, 2.24) is 4.90 Å². The number of esters is 1. The van der Waals surface area contributed by atoms with Gasteiger partial charge in [-0.1, -0.05) is 53.9 Å². The Morgan fingerprint density at radius 2 is 1.85 bits per heavy atom. The lowest BCUT2D eigenvalue weighted by Gasteiger charge is -2.14. The van der Waals surface area contributed by atoms with Gasteiger partial charge in [-0.15, -0.1) is 0 Å². The van der Waals surface area contributed by atoms with Gasteiger partial charge in [-0.25, -0.2) is 0 Å². The smallest absolute Gasteiger partial charge is 0.326 e. The highest BCUT2D eigenvalue weighted by molar-refractivity contribution is 8.13. The summed E-state index contributed by atoms with van der Waals surface area (Å²) in [6.07, 6.45) is 0. The van der Waals surface area contributed by atoms with Gasteiger partial charge >= 0.3 is 5.97 Å². The Labute approximate surface area is 165 Å². The minimum absolute atomic E-state index is 0.125. The lowest BCUT2D eigenvalue weighted by Crippen LogP contribution is -2.32. The van der Waals surface area contributed by atoms with Crippen molar-refractivity contribution in [3.05, 3.63) is 54.6 Å². The second-order valence-electron chi connectivity index (χ2n) is 5.66. The van der Waals surface area contributed by atoms with E-state index in [1.165, 1.54) is 28.4 Å². The molecule has 2 amide bonds. The van der Waals surface area contributed by atoms with Crippen molar-refractivity contribution in [2.45, 2.75) is 9.79 Å². The standard InChI is InChI=1S/C19H18N2O4S2/c22-17(13-25-18(23)12-21-10-11-26-19(21)24)20-15-8-4-5-9-16(15)27-14-6-2-1-3-7-14/h1-9H,10-13H2,(H,20,22). The van der Waals surface area contributed by atoms with Crippen LogP contribution >= 0.6 is 23.5 Å². The number of para-hydroxylation sites is 1. The fourth-order valence-electron chi connectivity index (χ4n) is 2.38. The first-order chi connectivity index (χ1) is 13.1. The first-order valence-electron chi connectivity index (χ1n) is 8.31. The summed E-state index contributed by atoms with van der Waals surface area (Å²) in [5, 5.41) is 2.63. The molecule has 0 saturated carbocycles. The number of amides is 2. The molecule has 0 bridgehead atoms.